The van der Waals surface area contributed by atoms with Crippen molar-refractivity contribution in [3.63, 3.8) is 0 Å². The van der Waals surface area contributed by atoms with Crippen LogP contribution >= 0.6 is 0 Å². The number of aromatic nitrogens is 1. The molecule has 1 aliphatic heterocycles. The molecule has 0 radical (unpaired) electrons. The van der Waals surface area contributed by atoms with Crippen LogP contribution in [0.3, 0.4) is 0 Å². The lowest BCUT2D eigenvalue weighted by atomic mass is 9.94. The average molecular weight is 324 g/mol. The third-order valence-electron chi connectivity index (χ3n) is 4.70. The third-order valence-corrected chi connectivity index (χ3v) is 4.70. The molecule has 0 fully saturated rings. The standard InChI is InChI=1S/C19H20N2O3/c1-23-12-4-5-15-14(10-12)13-7-8-20-18(19(13)21-15)11-3-6-16(22)17(9-11)24-2/h3-6,9-10,18,20-22H,7-8H2,1-2H3. The van der Waals surface area contributed by atoms with Gasteiger partial charge in [0.2, 0.25) is 0 Å². The maximum absolute atomic E-state index is 9.83. The first kappa shape index (κ1) is 14.9. The molecule has 5 heteroatoms. The van der Waals surface area contributed by atoms with Crippen molar-refractivity contribution in [1.29, 1.82) is 0 Å². The summed E-state index contributed by atoms with van der Waals surface area (Å²) in [6.45, 7) is 0.894. The van der Waals surface area contributed by atoms with E-state index in [1.54, 1.807) is 20.3 Å². The monoisotopic (exact) mass is 324 g/mol. The number of fused-ring (bicyclic) bond motifs is 3. The van der Waals surface area contributed by atoms with Gasteiger partial charge in [0.25, 0.3) is 0 Å². The molecule has 0 aliphatic carbocycles. The molecule has 4 rings (SSSR count). The summed E-state index contributed by atoms with van der Waals surface area (Å²) in [5, 5.41) is 14.6. The molecular weight excluding hydrogens is 304 g/mol. The summed E-state index contributed by atoms with van der Waals surface area (Å²) in [7, 11) is 3.25. The van der Waals surface area contributed by atoms with Crippen molar-refractivity contribution in [3.8, 4) is 17.2 Å². The van der Waals surface area contributed by atoms with Gasteiger partial charge >= 0.3 is 0 Å². The minimum absolute atomic E-state index is 0.0432. The van der Waals surface area contributed by atoms with Gasteiger partial charge in [0.15, 0.2) is 11.5 Å². The molecule has 1 aliphatic rings. The topological polar surface area (TPSA) is 66.5 Å². The highest BCUT2D eigenvalue weighted by Crippen LogP contribution is 2.37. The number of rotatable bonds is 3. The average Bonchev–Trinajstić information content (AvgIpc) is 3.00. The number of hydrogen-bond acceptors (Lipinski definition) is 4. The van der Waals surface area contributed by atoms with E-state index in [-0.39, 0.29) is 11.8 Å². The third kappa shape index (κ3) is 2.29. The van der Waals surface area contributed by atoms with Gasteiger partial charge in [0, 0.05) is 23.1 Å². The molecule has 1 aromatic heterocycles. The van der Waals surface area contributed by atoms with Crippen LogP contribution in [0.5, 0.6) is 17.2 Å². The first-order valence-corrected chi connectivity index (χ1v) is 8.00. The quantitative estimate of drug-likeness (QED) is 0.692. The van der Waals surface area contributed by atoms with Crippen molar-refractivity contribution in [3.05, 3.63) is 53.2 Å². The van der Waals surface area contributed by atoms with Crippen LogP contribution in [0.15, 0.2) is 36.4 Å². The van der Waals surface area contributed by atoms with E-state index in [4.69, 9.17) is 9.47 Å². The highest BCUT2D eigenvalue weighted by Gasteiger charge is 2.26. The Labute approximate surface area is 140 Å². The van der Waals surface area contributed by atoms with Crippen LogP contribution in [0, 0.1) is 0 Å². The van der Waals surface area contributed by atoms with Gasteiger partial charge < -0.3 is 24.9 Å². The fourth-order valence-corrected chi connectivity index (χ4v) is 3.49. The molecule has 3 N–H and O–H groups in total. The SMILES string of the molecule is COc1ccc2[nH]c3c(c2c1)CCNC3c1ccc(O)c(OC)c1. The van der Waals surface area contributed by atoms with Crippen LogP contribution in [-0.2, 0) is 6.42 Å². The minimum atomic E-state index is 0.0432. The van der Waals surface area contributed by atoms with Gasteiger partial charge in [0.1, 0.15) is 5.75 Å². The molecule has 0 amide bonds. The number of benzene rings is 2. The minimum Gasteiger partial charge on any atom is -0.504 e. The first-order chi connectivity index (χ1) is 11.7. The van der Waals surface area contributed by atoms with Crippen molar-refractivity contribution in [2.24, 2.45) is 0 Å². The molecule has 0 saturated heterocycles. The van der Waals surface area contributed by atoms with Crippen molar-refractivity contribution in [2.45, 2.75) is 12.5 Å². The van der Waals surface area contributed by atoms with Crippen molar-refractivity contribution in [1.82, 2.24) is 10.3 Å². The summed E-state index contributed by atoms with van der Waals surface area (Å²) in [5.41, 5.74) is 4.65. The lowest BCUT2D eigenvalue weighted by Gasteiger charge is -2.25. The van der Waals surface area contributed by atoms with Gasteiger partial charge in [-0.2, -0.15) is 0 Å². The van der Waals surface area contributed by atoms with Crippen molar-refractivity contribution >= 4 is 10.9 Å². The van der Waals surface area contributed by atoms with Gasteiger partial charge in [0.05, 0.1) is 20.3 Å². The number of phenols is 1. The maximum Gasteiger partial charge on any atom is 0.160 e. The lowest BCUT2D eigenvalue weighted by molar-refractivity contribution is 0.372. The number of aromatic hydroxyl groups is 1. The second-order valence-electron chi connectivity index (χ2n) is 6.00. The number of H-pyrrole nitrogens is 1. The molecule has 0 spiro atoms. The fraction of sp³-hybridized carbons (Fsp3) is 0.263. The Morgan fingerprint density at radius 3 is 2.75 bits per heavy atom. The van der Waals surface area contributed by atoms with E-state index in [0.29, 0.717) is 5.75 Å². The summed E-state index contributed by atoms with van der Waals surface area (Å²) >= 11 is 0. The van der Waals surface area contributed by atoms with Gasteiger partial charge in [-0.1, -0.05) is 6.07 Å². The summed E-state index contributed by atoms with van der Waals surface area (Å²) < 4.78 is 10.6. The summed E-state index contributed by atoms with van der Waals surface area (Å²) in [4.78, 5) is 3.55. The number of hydrogen-bond donors (Lipinski definition) is 3. The normalized spacial score (nSPS) is 16.8. The van der Waals surface area contributed by atoms with Crippen LogP contribution in [-0.4, -0.2) is 30.9 Å². The second kappa shape index (κ2) is 5.76. The zero-order valence-electron chi connectivity index (χ0n) is 13.7. The van der Waals surface area contributed by atoms with E-state index in [9.17, 15) is 5.11 Å². The Hall–Kier alpha value is -2.66. The highest BCUT2D eigenvalue weighted by atomic mass is 16.5. The molecule has 0 saturated carbocycles. The van der Waals surface area contributed by atoms with Crippen LogP contribution in [0.1, 0.15) is 22.9 Å². The van der Waals surface area contributed by atoms with E-state index in [2.05, 4.69) is 22.4 Å². The zero-order chi connectivity index (χ0) is 16.7. The molecule has 2 heterocycles. The molecular formula is C19H20N2O3. The van der Waals surface area contributed by atoms with Crippen LogP contribution in [0.4, 0.5) is 0 Å². The van der Waals surface area contributed by atoms with Crippen molar-refractivity contribution < 1.29 is 14.6 Å². The summed E-state index contributed by atoms with van der Waals surface area (Å²) in [5.74, 6) is 1.50. The number of methoxy groups -OCH3 is 2. The molecule has 5 nitrogen and oxygen atoms in total. The summed E-state index contributed by atoms with van der Waals surface area (Å²) in [6.07, 6.45) is 0.966. The van der Waals surface area contributed by atoms with E-state index < -0.39 is 0 Å². The fourth-order valence-electron chi connectivity index (χ4n) is 3.49. The molecule has 24 heavy (non-hydrogen) atoms. The van der Waals surface area contributed by atoms with Crippen molar-refractivity contribution in [2.75, 3.05) is 20.8 Å². The van der Waals surface area contributed by atoms with E-state index in [1.165, 1.54) is 10.9 Å². The first-order valence-electron chi connectivity index (χ1n) is 8.00. The van der Waals surface area contributed by atoms with E-state index >= 15 is 0 Å². The Morgan fingerprint density at radius 1 is 1.08 bits per heavy atom. The predicted molar refractivity (Wildman–Crippen MR) is 93.1 cm³/mol. The highest BCUT2D eigenvalue weighted by molar-refractivity contribution is 5.86. The number of aromatic amines is 1. The van der Waals surface area contributed by atoms with Gasteiger partial charge in [-0.3, -0.25) is 0 Å². The van der Waals surface area contributed by atoms with Crippen LogP contribution in [0.25, 0.3) is 10.9 Å². The molecule has 0 bridgehead atoms. The molecule has 1 atom stereocenters. The Kier molecular flexibility index (Phi) is 3.58. The van der Waals surface area contributed by atoms with Crippen LogP contribution in [0.2, 0.25) is 0 Å². The lowest BCUT2D eigenvalue weighted by Crippen LogP contribution is -2.30. The van der Waals surface area contributed by atoms with Gasteiger partial charge in [-0.05, 0) is 47.9 Å². The van der Waals surface area contributed by atoms with Gasteiger partial charge in [-0.15, -0.1) is 0 Å². The number of ether oxygens (including phenoxy) is 2. The maximum atomic E-state index is 9.83. The Morgan fingerprint density at radius 2 is 1.96 bits per heavy atom. The smallest absolute Gasteiger partial charge is 0.160 e. The zero-order valence-corrected chi connectivity index (χ0v) is 13.7. The van der Waals surface area contributed by atoms with E-state index in [1.807, 2.05) is 18.2 Å². The van der Waals surface area contributed by atoms with E-state index in [0.717, 1.165) is 35.5 Å². The predicted octanol–water partition coefficient (Wildman–Crippen LogP) is 3.13. The Bertz CT molecular complexity index is 901. The summed E-state index contributed by atoms with van der Waals surface area (Å²) in [6, 6.07) is 11.6. The van der Waals surface area contributed by atoms with Gasteiger partial charge in [-0.25, -0.2) is 0 Å². The number of phenolic OH excluding ortho intramolecular Hbond substituents is 1. The van der Waals surface area contributed by atoms with Crippen LogP contribution < -0.4 is 14.8 Å². The molecule has 2 aromatic carbocycles. The number of nitrogens with one attached hydrogen (secondary N) is 2. The largest absolute Gasteiger partial charge is 0.504 e. The molecule has 1 unspecified atom stereocenters. The molecule has 124 valence electrons. The second-order valence-corrected chi connectivity index (χ2v) is 6.00. The molecule has 3 aromatic rings. The Balaban J connectivity index is 1.84.